The van der Waals surface area contributed by atoms with Crippen molar-refractivity contribution in [3.05, 3.63) is 0 Å². The zero-order valence-electron chi connectivity index (χ0n) is 2.62. The molecule has 0 heterocycles. The molecule has 0 bridgehead atoms. The molecule has 0 aliphatic rings. The van der Waals surface area contributed by atoms with E-state index in [2.05, 4.69) is 0 Å². The van der Waals surface area contributed by atoms with Gasteiger partial charge in [0, 0.05) is 0 Å². The van der Waals surface area contributed by atoms with Gasteiger partial charge in [-0.1, -0.05) is 0 Å². The van der Waals surface area contributed by atoms with Gasteiger partial charge in [-0.3, -0.25) is 0 Å². The average Bonchev–Trinajstić information content (AvgIpc) is 0. The van der Waals surface area contributed by atoms with Gasteiger partial charge in [-0.05, 0) is 0 Å². The maximum atomic E-state index is 0. The third-order valence-corrected chi connectivity index (χ3v) is 0. The first-order valence-corrected chi connectivity index (χ1v) is 0. The summed E-state index contributed by atoms with van der Waals surface area (Å²) in [5, 5.41) is 0. The van der Waals surface area contributed by atoms with Crippen LogP contribution in [-0.4, -0.2) is 45.5 Å². The largest absolute Gasteiger partial charge is 2.00 e. The molecule has 0 amide bonds. The van der Waals surface area contributed by atoms with Gasteiger partial charge < -0.3 is 16.4 Å². The van der Waals surface area contributed by atoms with Crippen LogP contribution >= 0.6 is 0 Å². The molecule has 0 aromatic rings. The summed E-state index contributed by atoms with van der Waals surface area (Å²) in [6, 6.07) is 0. The fraction of sp³-hybridized carbons (Fsp3) is 0. The van der Waals surface area contributed by atoms with E-state index in [1.807, 2.05) is 0 Å². The van der Waals surface area contributed by atoms with Crippen molar-refractivity contribution in [3.63, 3.8) is 0 Å². The molecule has 0 saturated heterocycles. The molecule has 6 heteroatoms. The second-order valence-corrected chi connectivity index (χ2v) is 0. The first kappa shape index (κ1) is 80.3. The Morgan fingerprint density at radius 1 is 0.667 bits per heavy atom. The molecule has 3 nitrogen and oxygen atoms in total. The fourth-order valence-electron chi connectivity index (χ4n) is 0. The van der Waals surface area contributed by atoms with Gasteiger partial charge in [0.05, 0.1) is 0 Å². The van der Waals surface area contributed by atoms with E-state index in [0.717, 1.165) is 0 Å². The van der Waals surface area contributed by atoms with Crippen LogP contribution in [0.2, 0.25) is 0 Å². The van der Waals surface area contributed by atoms with E-state index in [4.69, 9.17) is 0 Å². The molecule has 0 aliphatic carbocycles. The van der Waals surface area contributed by atoms with E-state index in [-0.39, 0.29) is 95.8 Å². The zero-order chi connectivity index (χ0) is 0. The molecule has 0 spiro atoms. The molecule has 0 aromatic carbocycles. The Kier molecular flexibility index (Phi) is 708. The summed E-state index contributed by atoms with van der Waals surface area (Å²) in [6.45, 7) is 0. The Bertz CT molecular complexity index is 10.8. The van der Waals surface area contributed by atoms with E-state index in [0.29, 0.717) is 0 Å². The molecule has 0 unspecified atom stereocenters. The summed E-state index contributed by atoms with van der Waals surface area (Å²) < 4.78 is 0. The van der Waals surface area contributed by atoms with Crippen LogP contribution in [0.15, 0.2) is 0 Å². The molecule has 0 fully saturated rings. The Morgan fingerprint density at radius 3 is 0.667 bits per heavy atom. The van der Waals surface area contributed by atoms with Gasteiger partial charge in [0.1, 0.15) is 0 Å². The second-order valence-electron chi connectivity index (χ2n) is 0. The normalized spacial score (nSPS) is 0. The summed E-state index contributed by atoms with van der Waals surface area (Å²) in [7, 11) is 0. The third-order valence-electron chi connectivity index (χ3n) is 0. The maximum absolute atomic E-state index is 0. The molecule has 1 radical (unpaired) electrons. The second kappa shape index (κ2) is 52.9. The maximum Gasteiger partial charge on any atom is 2.00 e. The van der Waals surface area contributed by atoms with Crippen LogP contribution in [0.25, 0.3) is 0 Å². The van der Waals surface area contributed by atoms with Gasteiger partial charge in [-0.15, -0.1) is 0 Å². The van der Waals surface area contributed by atoms with Crippen LogP contribution in [0, 0.1) is 0 Å². The first-order chi connectivity index (χ1) is 0. The van der Waals surface area contributed by atoms with Gasteiger partial charge >= 0.3 is 79.3 Å². The Morgan fingerprint density at radius 2 is 0.667 bits per heavy atom. The van der Waals surface area contributed by atoms with E-state index in [1.54, 1.807) is 0 Å². The van der Waals surface area contributed by atoms with Gasteiger partial charge in [-0.25, -0.2) is 0 Å². The minimum atomic E-state index is 0. The van der Waals surface area contributed by atoms with Crippen molar-refractivity contribution in [3.8, 4) is 0 Å². The first-order valence-electron chi connectivity index (χ1n) is 0. The Hall–Kier alpha value is 2.39. The standard InChI is InChI=1S/Co.Fe.3O.Sr/q2*+2;3*-2;+2. The topological polar surface area (TPSA) is 85.5 Å². The summed E-state index contributed by atoms with van der Waals surface area (Å²) in [6.07, 6.45) is 0. The van der Waals surface area contributed by atoms with Crippen LogP contribution in [-0.2, 0) is 50.3 Å². The van der Waals surface area contributed by atoms with Gasteiger partial charge in [0.2, 0.25) is 0 Å². The van der Waals surface area contributed by atoms with Crippen molar-refractivity contribution in [2.75, 3.05) is 0 Å². The molecule has 0 atom stereocenters. The summed E-state index contributed by atoms with van der Waals surface area (Å²) in [4.78, 5) is 0. The molecule has 0 aromatic heterocycles. The molecule has 0 N–H and O–H groups in total. The molecular weight excluding hydrogens is 250 g/mol. The number of hydrogen-bond donors (Lipinski definition) is 0. The van der Waals surface area contributed by atoms with Crippen molar-refractivity contribution in [1.82, 2.24) is 0 Å². The summed E-state index contributed by atoms with van der Waals surface area (Å²) in [5.74, 6) is 0. The van der Waals surface area contributed by atoms with Gasteiger partial charge in [0.25, 0.3) is 0 Å². The van der Waals surface area contributed by atoms with Crippen molar-refractivity contribution in [2.45, 2.75) is 0 Å². The van der Waals surface area contributed by atoms with Crippen molar-refractivity contribution >= 4 is 45.5 Å². The summed E-state index contributed by atoms with van der Waals surface area (Å²) >= 11 is 0. The van der Waals surface area contributed by atoms with Crippen molar-refractivity contribution in [2.24, 2.45) is 0 Å². The quantitative estimate of drug-likeness (QED) is 0.507. The van der Waals surface area contributed by atoms with E-state index < -0.39 is 0 Å². The predicted molar refractivity (Wildman–Crippen MR) is 7.81 cm³/mol. The van der Waals surface area contributed by atoms with Crippen molar-refractivity contribution in [1.29, 1.82) is 0 Å². The van der Waals surface area contributed by atoms with Gasteiger partial charge in [0.15, 0.2) is 0 Å². The fourth-order valence-corrected chi connectivity index (χ4v) is 0. The molecule has 0 rings (SSSR count). The monoisotopic (exact) mass is 251 g/mol. The SMILES string of the molecule is [Co+2].[Fe+2].[O-2].[O-2].[O-2].[Sr+2]. The van der Waals surface area contributed by atoms with E-state index >= 15 is 0 Å². The molecule has 37 valence electrons. The van der Waals surface area contributed by atoms with Crippen LogP contribution < -0.4 is 0 Å². The molecule has 6 heavy (non-hydrogen) atoms. The average molecular weight is 250 g/mol. The third kappa shape index (κ3) is 32.5. The predicted octanol–water partition coefficient (Wildman–Crippen LogP) is -0.742. The Labute approximate surface area is 94.1 Å². The smallest absolute Gasteiger partial charge is 2.00 e. The molecule has 0 aliphatic heterocycles. The van der Waals surface area contributed by atoms with Crippen LogP contribution in [0.3, 0.4) is 0 Å². The van der Waals surface area contributed by atoms with E-state index in [1.165, 1.54) is 0 Å². The van der Waals surface area contributed by atoms with Crippen LogP contribution in [0.5, 0.6) is 0 Å². The van der Waals surface area contributed by atoms with Crippen LogP contribution in [0.4, 0.5) is 0 Å². The minimum Gasteiger partial charge on any atom is -2.00 e. The Balaban J connectivity index is 0. The number of rotatable bonds is 0. The molecule has 0 saturated carbocycles. The summed E-state index contributed by atoms with van der Waals surface area (Å²) in [5.41, 5.74) is 0. The zero-order valence-corrected chi connectivity index (χ0v) is 8.24. The molecular formula is CoFeO3Sr. The minimum absolute atomic E-state index is 0. The number of hydrogen-bond acceptors (Lipinski definition) is 0. The van der Waals surface area contributed by atoms with E-state index in [9.17, 15) is 0 Å². The van der Waals surface area contributed by atoms with Crippen LogP contribution in [0.1, 0.15) is 0 Å². The van der Waals surface area contributed by atoms with Gasteiger partial charge in [-0.2, -0.15) is 0 Å². The van der Waals surface area contributed by atoms with Crippen molar-refractivity contribution < 1.29 is 50.3 Å².